The highest BCUT2D eigenvalue weighted by Crippen LogP contribution is 2.28. The summed E-state index contributed by atoms with van der Waals surface area (Å²) < 4.78 is 13.5. The van der Waals surface area contributed by atoms with Gasteiger partial charge in [0.25, 0.3) is 0 Å². The van der Waals surface area contributed by atoms with Crippen molar-refractivity contribution in [3.8, 4) is 17.3 Å². The monoisotopic (exact) mass is 361 g/mol. The number of aromatic nitrogens is 4. The second kappa shape index (κ2) is 7.43. The van der Waals surface area contributed by atoms with Gasteiger partial charge in [0.15, 0.2) is 11.5 Å². The summed E-state index contributed by atoms with van der Waals surface area (Å²) >= 11 is 0. The molecule has 0 radical (unpaired) electrons. The first-order valence-electron chi connectivity index (χ1n) is 8.57. The minimum Gasteiger partial charge on any atom is -0.483 e. The first-order valence-corrected chi connectivity index (χ1v) is 8.57. The molecule has 4 rings (SSSR count). The van der Waals surface area contributed by atoms with Gasteiger partial charge in [-0.3, -0.25) is 9.97 Å². The van der Waals surface area contributed by atoms with Crippen LogP contribution in [0.4, 0.5) is 0 Å². The molecule has 4 heterocycles. The Hall–Kier alpha value is -3.45. The second-order valence-corrected chi connectivity index (χ2v) is 5.97. The molecular formula is C20H19N5O2. The van der Waals surface area contributed by atoms with Gasteiger partial charge in [-0.2, -0.15) is 5.10 Å². The lowest BCUT2D eigenvalue weighted by Gasteiger charge is -2.17. The van der Waals surface area contributed by atoms with E-state index in [1.807, 2.05) is 55.6 Å². The molecule has 2 N–H and O–H groups in total. The third-order valence-electron chi connectivity index (χ3n) is 4.09. The summed E-state index contributed by atoms with van der Waals surface area (Å²) in [6.07, 6.45) is 7.25. The maximum atomic E-state index is 6.09. The van der Waals surface area contributed by atoms with Gasteiger partial charge in [-0.15, -0.1) is 0 Å². The molecule has 27 heavy (non-hydrogen) atoms. The van der Waals surface area contributed by atoms with Crippen molar-refractivity contribution in [3.05, 3.63) is 78.0 Å². The summed E-state index contributed by atoms with van der Waals surface area (Å²) in [5, 5.41) is 4.48. The van der Waals surface area contributed by atoms with Crippen LogP contribution in [0.5, 0.6) is 5.88 Å². The molecule has 1 aliphatic heterocycles. The quantitative estimate of drug-likeness (QED) is 0.752. The average molecular weight is 361 g/mol. The van der Waals surface area contributed by atoms with Gasteiger partial charge in [0.1, 0.15) is 18.0 Å². The van der Waals surface area contributed by atoms with Gasteiger partial charge in [-0.05, 0) is 35.9 Å². The smallest absolute Gasteiger partial charge is 0.218 e. The molecule has 0 spiro atoms. The summed E-state index contributed by atoms with van der Waals surface area (Å²) in [7, 11) is 1.82. The number of allylic oxidation sites excluding steroid dienone is 1. The minimum atomic E-state index is 0.446. The Morgan fingerprint density at radius 2 is 2.07 bits per heavy atom. The van der Waals surface area contributed by atoms with Crippen LogP contribution in [-0.4, -0.2) is 26.4 Å². The standard InChI is InChI=1S/C20H19N5O2/c1-25-19(11-17(24-25)15-5-2-3-9-22-15)27-18-6-4-10-26-20(18)16-8-7-14(12-21)13-23-16/h2-9,11,13H,10,12,21H2,1H3. The van der Waals surface area contributed by atoms with Crippen LogP contribution in [-0.2, 0) is 18.3 Å². The number of hydrogen-bond acceptors (Lipinski definition) is 6. The van der Waals surface area contributed by atoms with Crippen LogP contribution in [0.2, 0.25) is 0 Å². The first-order chi connectivity index (χ1) is 13.2. The molecule has 0 atom stereocenters. The lowest BCUT2D eigenvalue weighted by atomic mass is 10.2. The topological polar surface area (TPSA) is 88.1 Å². The van der Waals surface area contributed by atoms with Crippen LogP contribution in [0.15, 0.2) is 66.7 Å². The summed E-state index contributed by atoms with van der Waals surface area (Å²) in [5.74, 6) is 1.74. The van der Waals surface area contributed by atoms with Crippen molar-refractivity contribution in [3.63, 3.8) is 0 Å². The van der Waals surface area contributed by atoms with E-state index >= 15 is 0 Å². The maximum Gasteiger partial charge on any atom is 0.218 e. The van der Waals surface area contributed by atoms with Crippen LogP contribution >= 0.6 is 0 Å². The van der Waals surface area contributed by atoms with E-state index in [0.29, 0.717) is 36.2 Å². The highest BCUT2D eigenvalue weighted by Gasteiger charge is 2.18. The second-order valence-electron chi connectivity index (χ2n) is 5.97. The average Bonchev–Trinajstić information content (AvgIpc) is 3.10. The molecule has 0 bridgehead atoms. The van der Waals surface area contributed by atoms with E-state index in [-0.39, 0.29) is 0 Å². The van der Waals surface area contributed by atoms with E-state index in [1.165, 1.54) is 0 Å². The van der Waals surface area contributed by atoms with Crippen LogP contribution in [0.25, 0.3) is 17.1 Å². The number of rotatable bonds is 5. The van der Waals surface area contributed by atoms with Crippen molar-refractivity contribution in [2.24, 2.45) is 12.8 Å². The molecule has 7 heteroatoms. The van der Waals surface area contributed by atoms with Crippen LogP contribution in [0.3, 0.4) is 0 Å². The fourth-order valence-electron chi connectivity index (χ4n) is 2.69. The van der Waals surface area contributed by atoms with E-state index in [1.54, 1.807) is 17.1 Å². The maximum absolute atomic E-state index is 6.09. The number of nitrogens with zero attached hydrogens (tertiary/aromatic N) is 4. The first kappa shape index (κ1) is 17.0. The Morgan fingerprint density at radius 3 is 2.81 bits per heavy atom. The van der Waals surface area contributed by atoms with Gasteiger partial charge in [-0.25, -0.2) is 4.68 Å². The zero-order valence-electron chi connectivity index (χ0n) is 14.9. The van der Waals surface area contributed by atoms with Crippen molar-refractivity contribution in [2.45, 2.75) is 6.54 Å². The molecule has 3 aromatic rings. The van der Waals surface area contributed by atoms with Crippen molar-refractivity contribution < 1.29 is 9.47 Å². The Morgan fingerprint density at radius 1 is 1.15 bits per heavy atom. The Bertz CT molecular complexity index is 991. The van der Waals surface area contributed by atoms with Crippen LogP contribution in [0, 0.1) is 0 Å². The van der Waals surface area contributed by atoms with E-state index in [0.717, 1.165) is 17.0 Å². The van der Waals surface area contributed by atoms with Gasteiger partial charge in [0.2, 0.25) is 5.88 Å². The number of ether oxygens (including phenoxy) is 2. The number of hydrogen-bond donors (Lipinski definition) is 1. The van der Waals surface area contributed by atoms with Gasteiger partial charge in [0, 0.05) is 32.1 Å². The third-order valence-corrected chi connectivity index (χ3v) is 4.09. The number of aryl methyl sites for hydroxylation is 1. The molecule has 0 saturated heterocycles. The fourth-order valence-corrected chi connectivity index (χ4v) is 2.69. The van der Waals surface area contributed by atoms with E-state index in [2.05, 4.69) is 15.1 Å². The molecule has 0 fully saturated rings. The largest absolute Gasteiger partial charge is 0.483 e. The highest BCUT2D eigenvalue weighted by atomic mass is 16.5. The molecule has 1 aliphatic rings. The lowest BCUT2D eigenvalue weighted by Crippen LogP contribution is -2.09. The summed E-state index contributed by atoms with van der Waals surface area (Å²) in [4.78, 5) is 8.76. The number of pyridine rings is 2. The molecule has 3 aromatic heterocycles. The van der Waals surface area contributed by atoms with Gasteiger partial charge in [-0.1, -0.05) is 12.1 Å². The molecule has 136 valence electrons. The van der Waals surface area contributed by atoms with Crippen molar-refractivity contribution >= 4 is 5.76 Å². The molecular weight excluding hydrogens is 342 g/mol. The highest BCUT2D eigenvalue weighted by molar-refractivity contribution is 5.63. The minimum absolute atomic E-state index is 0.446. The summed E-state index contributed by atoms with van der Waals surface area (Å²) in [5.41, 5.74) is 8.81. The molecule has 7 nitrogen and oxygen atoms in total. The zero-order valence-corrected chi connectivity index (χ0v) is 14.9. The molecule has 0 amide bonds. The molecule has 0 aliphatic carbocycles. The SMILES string of the molecule is Cn1nc(-c2ccccn2)cc1OC1=C(c2ccc(CN)cn2)OCC=C1. The fraction of sp³-hybridized carbons (Fsp3) is 0.150. The number of nitrogens with two attached hydrogens (primary N) is 1. The normalized spacial score (nSPS) is 13.6. The van der Waals surface area contributed by atoms with Crippen LogP contribution in [0.1, 0.15) is 11.3 Å². The van der Waals surface area contributed by atoms with Gasteiger partial charge < -0.3 is 15.2 Å². The van der Waals surface area contributed by atoms with Crippen molar-refractivity contribution in [2.75, 3.05) is 6.61 Å². The van der Waals surface area contributed by atoms with E-state index in [9.17, 15) is 0 Å². The van der Waals surface area contributed by atoms with Crippen molar-refractivity contribution in [1.82, 2.24) is 19.7 Å². The Balaban J connectivity index is 1.66. The summed E-state index contributed by atoms with van der Waals surface area (Å²) in [6.45, 7) is 0.912. The summed E-state index contributed by atoms with van der Waals surface area (Å²) in [6, 6.07) is 11.4. The van der Waals surface area contributed by atoms with E-state index < -0.39 is 0 Å². The van der Waals surface area contributed by atoms with E-state index in [4.69, 9.17) is 15.2 Å². The zero-order chi connectivity index (χ0) is 18.6. The predicted octanol–water partition coefficient (Wildman–Crippen LogP) is 2.67. The van der Waals surface area contributed by atoms with Crippen molar-refractivity contribution in [1.29, 1.82) is 0 Å². The molecule has 0 aromatic carbocycles. The molecule has 0 saturated carbocycles. The van der Waals surface area contributed by atoms with Crippen LogP contribution < -0.4 is 10.5 Å². The lowest BCUT2D eigenvalue weighted by molar-refractivity contribution is 0.285. The Labute approximate surface area is 156 Å². The van der Waals surface area contributed by atoms with Gasteiger partial charge in [0.05, 0.1) is 5.69 Å². The van der Waals surface area contributed by atoms with Gasteiger partial charge >= 0.3 is 0 Å². The molecule has 0 unspecified atom stereocenters. The third kappa shape index (κ3) is 3.58. The Kier molecular flexibility index (Phi) is 4.67. The predicted molar refractivity (Wildman–Crippen MR) is 101 cm³/mol.